The molecule has 0 radical (unpaired) electrons. The van der Waals surface area contributed by atoms with Gasteiger partial charge in [0.25, 0.3) is 17.3 Å². The summed E-state index contributed by atoms with van der Waals surface area (Å²) in [6, 6.07) is 24.8. The first-order chi connectivity index (χ1) is 28.9. The molecular weight excluding hydrogens is 805 g/mol. The minimum Gasteiger partial charge on any atom is -0.544 e. The van der Waals surface area contributed by atoms with Crippen molar-refractivity contribution in [1.29, 1.82) is 0 Å². The Bertz CT molecular complexity index is 2190. The van der Waals surface area contributed by atoms with Crippen LogP contribution < -0.4 is 14.1 Å². The van der Waals surface area contributed by atoms with Gasteiger partial charge in [-0.15, -0.1) is 0 Å². The number of hydrogen-bond acceptors (Lipinski definition) is 14. The predicted molar refractivity (Wildman–Crippen MR) is 229 cm³/mol. The smallest absolute Gasteiger partial charge is 0.514 e. The van der Waals surface area contributed by atoms with Crippen LogP contribution in [0.2, 0.25) is 18.1 Å². The number of hydrogen-bond donors (Lipinski definition) is 0. The van der Waals surface area contributed by atoms with Crippen molar-refractivity contribution in [3.63, 3.8) is 0 Å². The number of nitro benzene ring substituents is 2. The van der Waals surface area contributed by atoms with Crippen LogP contribution in [0.3, 0.4) is 0 Å². The Morgan fingerprint density at radius 2 is 1.31 bits per heavy atom. The number of benzene rings is 4. The number of likely N-dealkylation sites (tertiary alicyclic amines) is 1. The summed E-state index contributed by atoms with van der Waals surface area (Å²) in [5.41, 5.74) is 2.15. The molecule has 18 heteroatoms. The third-order valence-corrected chi connectivity index (χ3v) is 15.1. The molecule has 1 fully saturated rings. The van der Waals surface area contributed by atoms with Gasteiger partial charge in [0.2, 0.25) is 14.4 Å². The largest absolute Gasteiger partial charge is 0.544 e. The molecule has 1 aliphatic heterocycles. The molecule has 61 heavy (non-hydrogen) atoms. The average molecular weight is 855 g/mol. The number of anilines is 1. The zero-order valence-corrected chi connectivity index (χ0v) is 36.0. The summed E-state index contributed by atoms with van der Waals surface area (Å²) in [6.07, 6.45) is -1.87. The molecule has 322 valence electrons. The first-order valence-electron chi connectivity index (χ1n) is 19.8. The lowest BCUT2D eigenvalue weighted by Gasteiger charge is -2.36. The van der Waals surface area contributed by atoms with E-state index in [1.807, 2.05) is 24.0 Å². The van der Waals surface area contributed by atoms with Gasteiger partial charge >= 0.3 is 12.1 Å². The van der Waals surface area contributed by atoms with Gasteiger partial charge in [0.1, 0.15) is 18.1 Å². The fourth-order valence-corrected chi connectivity index (χ4v) is 7.14. The second kappa shape index (κ2) is 20.0. The van der Waals surface area contributed by atoms with Gasteiger partial charge in [-0.1, -0.05) is 32.9 Å². The van der Waals surface area contributed by atoms with Crippen LogP contribution in [0, 0.1) is 26.1 Å². The van der Waals surface area contributed by atoms with E-state index in [-0.39, 0.29) is 47.8 Å². The number of likely N-dealkylation sites (N-methyl/N-ethyl adjacent to an activating group) is 1. The lowest BCUT2D eigenvalue weighted by molar-refractivity contribution is -0.385. The number of amides is 1. The third-order valence-electron chi connectivity index (χ3n) is 10.7. The Labute approximate surface area is 354 Å². The summed E-state index contributed by atoms with van der Waals surface area (Å²) >= 11 is 0. The molecule has 1 atom stereocenters. The summed E-state index contributed by atoms with van der Waals surface area (Å²) in [7, 11) is -2.17. The number of carbonyl (C=O) groups is 3. The Kier molecular flexibility index (Phi) is 14.9. The van der Waals surface area contributed by atoms with Crippen molar-refractivity contribution >= 4 is 54.8 Å². The van der Waals surface area contributed by atoms with Crippen LogP contribution >= 0.6 is 0 Å². The standard InChI is InChI=1S/C43H50N6O11Si/c1-7-46(34-14-10-32(11-15-34)44-45-33-12-16-35(17-13-33)48(53)54)28-29-57-41(51)31-24-26-47(27-25-31)40(50)39(59-42(52)58-37-22-18-36(19-23-37)49(55)56)30-8-20-38(21-9-30)60-61(5,6)43(2,3)4/h8-23,31,39H,7,24-29H2,1-6H3. The van der Waals surface area contributed by atoms with Crippen molar-refractivity contribution in [1.82, 2.24) is 4.90 Å². The number of esters is 1. The van der Waals surface area contributed by atoms with Gasteiger partial charge in [0.15, 0.2) is 0 Å². The van der Waals surface area contributed by atoms with E-state index in [0.717, 1.165) is 5.69 Å². The molecule has 1 unspecified atom stereocenters. The van der Waals surface area contributed by atoms with E-state index in [1.165, 1.54) is 48.5 Å². The monoisotopic (exact) mass is 854 g/mol. The van der Waals surface area contributed by atoms with Gasteiger partial charge in [0.05, 0.1) is 33.7 Å². The topological polar surface area (TPSA) is 206 Å². The molecule has 4 aromatic carbocycles. The molecule has 5 rings (SSSR count). The minimum absolute atomic E-state index is 0.000237. The Balaban J connectivity index is 1.16. The van der Waals surface area contributed by atoms with E-state index in [2.05, 4.69) is 44.1 Å². The number of piperidine rings is 1. The number of nitro groups is 2. The van der Waals surface area contributed by atoms with Crippen LogP contribution in [-0.2, 0) is 19.1 Å². The van der Waals surface area contributed by atoms with Crippen molar-refractivity contribution in [2.45, 2.75) is 64.8 Å². The normalized spacial score (nSPS) is 13.9. The minimum atomic E-state index is -2.17. The second-order valence-corrected chi connectivity index (χ2v) is 20.6. The van der Waals surface area contributed by atoms with Crippen LogP contribution in [0.15, 0.2) is 107 Å². The molecule has 0 bridgehead atoms. The van der Waals surface area contributed by atoms with Crippen molar-refractivity contribution in [2.75, 3.05) is 37.7 Å². The van der Waals surface area contributed by atoms with Crippen LogP contribution in [0.1, 0.15) is 52.2 Å². The number of carbonyl (C=O) groups excluding carboxylic acids is 3. The molecule has 0 saturated carbocycles. The molecule has 17 nitrogen and oxygen atoms in total. The quantitative estimate of drug-likeness (QED) is 0.0258. The van der Waals surface area contributed by atoms with Gasteiger partial charge in [-0.3, -0.25) is 29.8 Å². The van der Waals surface area contributed by atoms with Crippen LogP contribution in [0.4, 0.5) is 33.2 Å². The summed E-state index contributed by atoms with van der Waals surface area (Å²) in [5, 5.41) is 30.2. The molecule has 1 heterocycles. The summed E-state index contributed by atoms with van der Waals surface area (Å²) < 4.78 is 23.0. The second-order valence-electron chi connectivity index (χ2n) is 15.9. The maximum Gasteiger partial charge on any atom is 0.514 e. The summed E-state index contributed by atoms with van der Waals surface area (Å²) in [6.45, 7) is 14.3. The third kappa shape index (κ3) is 12.4. The number of azo groups is 1. The first kappa shape index (κ1) is 45.4. The van der Waals surface area contributed by atoms with E-state index in [9.17, 15) is 34.6 Å². The van der Waals surface area contributed by atoms with Gasteiger partial charge in [-0.25, -0.2) is 4.79 Å². The zero-order chi connectivity index (χ0) is 44.3. The number of nitrogens with zero attached hydrogens (tertiary/aromatic N) is 6. The fourth-order valence-electron chi connectivity index (χ4n) is 6.10. The Morgan fingerprint density at radius 1 is 0.803 bits per heavy atom. The molecule has 0 spiro atoms. The van der Waals surface area contributed by atoms with Crippen molar-refractivity contribution < 1.29 is 42.9 Å². The molecule has 0 N–H and O–H groups in total. The highest BCUT2D eigenvalue weighted by Gasteiger charge is 2.39. The summed E-state index contributed by atoms with van der Waals surface area (Å²) in [4.78, 5) is 64.7. The maximum atomic E-state index is 14.0. The molecule has 0 aromatic heterocycles. The van der Waals surface area contributed by atoms with Crippen LogP contribution in [0.25, 0.3) is 0 Å². The zero-order valence-electron chi connectivity index (χ0n) is 35.0. The van der Waals surface area contributed by atoms with Crippen molar-refractivity contribution in [3.05, 3.63) is 123 Å². The highest BCUT2D eigenvalue weighted by molar-refractivity contribution is 6.74. The number of ether oxygens (including phenoxy) is 3. The molecular formula is C43H50N6O11Si. The van der Waals surface area contributed by atoms with E-state index in [0.29, 0.717) is 48.6 Å². The molecule has 1 aliphatic rings. The van der Waals surface area contributed by atoms with E-state index < -0.39 is 42.2 Å². The van der Waals surface area contributed by atoms with E-state index >= 15 is 0 Å². The van der Waals surface area contributed by atoms with Crippen molar-refractivity contribution in [2.24, 2.45) is 16.1 Å². The first-order valence-corrected chi connectivity index (χ1v) is 22.7. The highest BCUT2D eigenvalue weighted by atomic mass is 28.4. The predicted octanol–water partition coefficient (Wildman–Crippen LogP) is 9.87. The molecule has 0 aliphatic carbocycles. The molecule has 1 amide bonds. The van der Waals surface area contributed by atoms with Crippen LogP contribution in [-0.4, -0.2) is 73.9 Å². The fraction of sp³-hybridized carbons (Fsp3) is 0.372. The molecule has 1 saturated heterocycles. The lowest BCUT2D eigenvalue weighted by Crippen LogP contribution is -2.44. The average Bonchev–Trinajstić information content (AvgIpc) is 3.23. The Hall–Kier alpha value is -6.69. The SMILES string of the molecule is CCN(CCOC(=O)C1CCN(C(=O)C(OC(=O)Oc2ccc([N+](=O)[O-])cc2)c2ccc(O[Si](C)(C)C(C)(C)C)cc2)CC1)c1ccc(N=Nc2ccc([N+](=O)[O-])cc2)cc1. The van der Waals surface area contributed by atoms with Gasteiger partial charge in [-0.05, 0) is 98.6 Å². The van der Waals surface area contributed by atoms with Gasteiger partial charge in [-0.2, -0.15) is 10.2 Å². The van der Waals surface area contributed by atoms with E-state index in [4.69, 9.17) is 18.6 Å². The number of rotatable bonds is 16. The van der Waals surface area contributed by atoms with Crippen molar-refractivity contribution in [3.8, 4) is 11.5 Å². The van der Waals surface area contributed by atoms with Gasteiger partial charge < -0.3 is 28.4 Å². The van der Waals surface area contributed by atoms with Gasteiger partial charge in [0, 0.05) is 55.2 Å². The van der Waals surface area contributed by atoms with Crippen LogP contribution in [0.5, 0.6) is 11.5 Å². The van der Waals surface area contributed by atoms with E-state index in [1.54, 1.807) is 41.3 Å². The molecule has 4 aromatic rings. The maximum absolute atomic E-state index is 14.0. The summed E-state index contributed by atoms with van der Waals surface area (Å²) in [5.74, 6) is -0.668. The highest BCUT2D eigenvalue weighted by Crippen LogP contribution is 2.38. The lowest BCUT2D eigenvalue weighted by atomic mass is 9.96. The number of non-ortho nitro benzene ring substituents is 2. The Morgan fingerprint density at radius 3 is 1.82 bits per heavy atom.